The summed E-state index contributed by atoms with van der Waals surface area (Å²) < 4.78 is 42.8. The number of hydrogen-bond donors (Lipinski definition) is 1. The van der Waals surface area contributed by atoms with Gasteiger partial charge in [0.1, 0.15) is 5.56 Å². The van der Waals surface area contributed by atoms with Gasteiger partial charge in [-0.1, -0.05) is 18.2 Å². The number of nitrogens with one attached hydrogen (secondary N) is 1. The van der Waals surface area contributed by atoms with Crippen LogP contribution in [0.25, 0.3) is 0 Å². The topological polar surface area (TPSA) is 55.0 Å². The van der Waals surface area contributed by atoms with E-state index in [0.29, 0.717) is 11.3 Å². The highest BCUT2D eigenvalue weighted by Crippen LogP contribution is 2.30. The third-order valence-electron chi connectivity index (χ3n) is 2.85. The number of aromatic amines is 1. The highest BCUT2D eigenvalue weighted by Gasteiger charge is 2.30. The first-order valence-electron chi connectivity index (χ1n) is 6.27. The molecular weight excluding hydrogens is 285 g/mol. The van der Waals surface area contributed by atoms with Gasteiger partial charge in [0.05, 0.1) is 24.1 Å². The molecule has 0 radical (unpaired) electrons. The Kier molecular flexibility index (Phi) is 4.30. The predicted molar refractivity (Wildman–Crippen MR) is 68.8 cm³/mol. The summed E-state index contributed by atoms with van der Waals surface area (Å²) in [7, 11) is 0. The molecule has 1 aromatic carbocycles. The first-order chi connectivity index (χ1) is 9.91. The first kappa shape index (κ1) is 15.1. The van der Waals surface area contributed by atoms with Crippen molar-refractivity contribution in [3.8, 4) is 0 Å². The van der Waals surface area contributed by atoms with Crippen molar-refractivity contribution >= 4 is 5.97 Å². The Morgan fingerprint density at radius 2 is 2.14 bits per heavy atom. The average Bonchev–Trinajstić information content (AvgIpc) is 2.86. The van der Waals surface area contributed by atoms with E-state index in [4.69, 9.17) is 4.74 Å². The maximum absolute atomic E-state index is 12.7. The standard InChI is InChI=1S/C14H13F3N2O2/c1-2-21-13(20)11-8-18-19-12(11)7-9-4-3-5-10(6-9)14(15,16)17/h3-6,8H,2,7H2,1H3,(H,18,19). The molecule has 2 aromatic rings. The molecule has 0 saturated heterocycles. The third-order valence-corrected chi connectivity index (χ3v) is 2.85. The fourth-order valence-electron chi connectivity index (χ4n) is 1.89. The van der Waals surface area contributed by atoms with Crippen LogP contribution in [0.1, 0.15) is 34.1 Å². The zero-order valence-corrected chi connectivity index (χ0v) is 11.2. The fourth-order valence-corrected chi connectivity index (χ4v) is 1.89. The molecule has 1 heterocycles. The zero-order chi connectivity index (χ0) is 15.5. The second-order valence-corrected chi connectivity index (χ2v) is 4.36. The maximum atomic E-state index is 12.7. The number of hydrogen-bond acceptors (Lipinski definition) is 3. The Hall–Kier alpha value is -2.31. The summed E-state index contributed by atoms with van der Waals surface area (Å²) >= 11 is 0. The van der Waals surface area contributed by atoms with Gasteiger partial charge in [-0.05, 0) is 18.6 Å². The molecule has 112 valence electrons. The van der Waals surface area contributed by atoms with Crippen molar-refractivity contribution in [1.82, 2.24) is 10.2 Å². The number of aromatic nitrogens is 2. The van der Waals surface area contributed by atoms with E-state index >= 15 is 0 Å². The second-order valence-electron chi connectivity index (χ2n) is 4.36. The molecule has 0 aliphatic carbocycles. The van der Waals surface area contributed by atoms with Crippen molar-refractivity contribution in [3.63, 3.8) is 0 Å². The molecule has 4 nitrogen and oxygen atoms in total. The Bertz CT molecular complexity index is 635. The average molecular weight is 298 g/mol. The van der Waals surface area contributed by atoms with Gasteiger partial charge in [0.15, 0.2) is 0 Å². The summed E-state index contributed by atoms with van der Waals surface area (Å²) in [6.07, 6.45) is -2.95. The summed E-state index contributed by atoms with van der Waals surface area (Å²) in [5.41, 5.74) is 0.360. The van der Waals surface area contributed by atoms with Gasteiger partial charge in [-0.25, -0.2) is 4.79 Å². The van der Waals surface area contributed by atoms with Crippen molar-refractivity contribution < 1.29 is 22.7 Å². The monoisotopic (exact) mass is 298 g/mol. The quantitative estimate of drug-likeness (QED) is 0.882. The highest BCUT2D eigenvalue weighted by atomic mass is 19.4. The van der Waals surface area contributed by atoms with E-state index in [9.17, 15) is 18.0 Å². The van der Waals surface area contributed by atoms with Crippen LogP contribution in [0, 0.1) is 0 Å². The number of nitrogens with zero attached hydrogens (tertiary/aromatic N) is 1. The van der Waals surface area contributed by atoms with E-state index in [1.807, 2.05) is 0 Å². The fraction of sp³-hybridized carbons (Fsp3) is 0.286. The number of H-pyrrole nitrogens is 1. The molecule has 7 heteroatoms. The lowest BCUT2D eigenvalue weighted by Crippen LogP contribution is -2.08. The maximum Gasteiger partial charge on any atom is 0.416 e. The largest absolute Gasteiger partial charge is 0.462 e. The Balaban J connectivity index is 2.23. The van der Waals surface area contributed by atoms with E-state index < -0.39 is 17.7 Å². The van der Waals surface area contributed by atoms with Gasteiger partial charge in [0, 0.05) is 6.42 Å². The molecule has 2 rings (SSSR count). The smallest absolute Gasteiger partial charge is 0.416 e. The predicted octanol–water partition coefficient (Wildman–Crippen LogP) is 3.20. The normalized spacial score (nSPS) is 11.4. The molecule has 0 fully saturated rings. The summed E-state index contributed by atoms with van der Waals surface area (Å²) in [6.45, 7) is 1.89. The SMILES string of the molecule is CCOC(=O)c1cn[nH]c1Cc1cccc(C(F)(F)F)c1. The Labute approximate surface area is 118 Å². The van der Waals surface area contributed by atoms with Gasteiger partial charge in [-0.2, -0.15) is 18.3 Å². The summed E-state index contributed by atoms with van der Waals surface area (Å²) in [4.78, 5) is 11.7. The van der Waals surface area contributed by atoms with E-state index in [0.717, 1.165) is 12.1 Å². The third kappa shape index (κ3) is 3.62. The number of rotatable bonds is 4. The van der Waals surface area contributed by atoms with E-state index in [2.05, 4.69) is 10.2 Å². The number of carbonyl (C=O) groups excluding carboxylic acids is 1. The van der Waals surface area contributed by atoms with Crippen LogP contribution < -0.4 is 0 Å². The lowest BCUT2D eigenvalue weighted by Gasteiger charge is -2.08. The van der Waals surface area contributed by atoms with E-state index in [1.54, 1.807) is 13.0 Å². The summed E-state index contributed by atoms with van der Waals surface area (Å²) in [6, 6.07) is 4.95. The van der Waals surface area contributed by atoms with Crippen LogP contribution in [0.4, 0.5) is 13.2 Å². The van der Waals surface area contributed by atoms with Gasteiger partial charge in [-0.15, -0.1) is 0 Å². The molecular formula is C14H13F3N2O2. The van der Waals surface area contributed by atoms with Crippen molar-refractivity contribution in [1.29, 1.82) is 0 Å². The van der Waals surface area contributed by atoms with Crippen molar-refractivity contribution in [3.05, 3.63) is 52.8 Å². The zero-order valence-electron chi connectivity index (χ0n) is 11.2. The van der Waals surface area contributed by atoms with Crippen LogP contribution >= 0.6 is 0 Å². The van der Waals surface area contributed by atoms with E-state index in [-0.39, 0.29) is 18.6 Å². The number of esters is 1. The van der Waals surface area contributed by atoms with Crippen LogP contribution in [-0.4, -0.2) is 22.8 Å². The second kappa shape index (κ2) is 5.99. The van der Waals surface area contributed by atoms with Gasteiger partial charge < -0.3 is 4.74 Å². The summed E-state index contributed by atoms with van der Waals surface area (Å²) in [5, 5.41) is 6.36. The number of halogens is 3. The van der Waals surface area contributed by atoms with E-state index in [1.165, 1.54) is 12.3 Å². The molecule has 0 aliphatic rings. The van der Waals surface area contributed by atoms with Crippen molar-refractivity contribution in [2.45, 2.75) is 19.5 Å². The Morgan fingerprint density at radius 1 is 1.38 bits per heavy atom. The number of ether oxygens (including phenoxy) is 1. The van der Waals surface area contributed by atoms with Crippen molar-refractivity contribution in [2.24, 2.45) is 0 Å². The lowest BCUT2D eigenvalue weighted by atomic mass is 10.0. The summed E-state index contributed by atoms with van der Waals surface area (Å²) in [5.74, 6) is -0.548. The van der Waals surface area contributed by atoms with Gasteiger partial charge >= 0.3 is 12.1 Å². The number of carbonyl (C=O) groups is 1. The molecule has 0 bridgehead atoms. The molecule has 1 N–H and O–H groups in total. The number of benzene rings is 1. The van der Waals surface area contributed by atoms with Crippen molar-refractivity contribution in [2.75, 3.05) is 6.61 Å². The minimum atomic E-state index is -4.39. The molecule has 0 saturated carbocycles. The molecule has 0 aliphatic heterocycles. The van der Waals surface area contributed by atoms with Gasteiger partial charge in [-0.3, -0.25) is 5.10 Å². The van der Waals surface area contributed by atoms with Gasteiger partial charge in [0.25, 0.3) is 0 Å². The Morgan fingerprint density at radius 3 is 2.81 bits per heavy atom. The minimum absolute atomic E-state index is 0.137. The highest BCUT2D eigenvalue weighted by molar-refractivity contribution is 5.90. The molecule has 1 aromatic heterocycles. The molecule has 0 spiro atoms. The van der Waals surface area contributed by atoms with Crippen LogP contribution in [0.2, 0.25) is 0 Å². The van der Waals surface area contributed by atoms with Crippen LogP contribution in [-0.2, 0) is 17.3 Å². The van der Waals surface area contributed by atoms with Crippen LogP contribution in [0.5, 0.6) is 0 Å². The molecule has 21 heavy (non-hydrogen) atoms. The molecule has 0 unspecified atom stereocenters. The van der Waals surface area contributed by atoms with Crippen LogP contribution in [0.15, 0.2) is 30.5 Å². The van der Waals surface area contributed by atoms with Crippen LogP contribution in [0.3, 0.4) is 0 Å². The lowest BCUT2D eigenvalue weighted by molar-refractivity contribution is -0.137. The molecule has 0 atom stereocenters. The first-order valence-corrected chi connectivity index (χ1v) is 6.27. The number of alkyl halides is 3. The molecule has 0 amide bonds. The van der Waals surface area contributed by atoms with Gasteiger partial charge in [0.2, 0.25) is 0 Å². The minimum Gasteiger partial charge on any atom is -0.462 e.